The fourth-order valence-corrected chi connectivity index (χ4v) is 1.58. The topological polar surface area (TPSA) is 49.8 Å². The quantitative estimate of drug-likeness (QED) is 0.817. The number of methoxy groups -OCH3 is 1. The first-order chi connectivity index (χ1) is 8.04. The van der Waals surface area contributed by atoms with Crippen molar-refractivity contribution in [1.29, 1.82) is 0 Å². The van der Waals surface area contributed by atoms with Gasteiger partial charge >= 0.3 is 5.97 Å². The maximum atomic E-state index is 13.0. The van der Waals surface area contributed by atoms with Crippen LogP contribution in [0.15, 0.2) is 24.3 Å². The number of rotatable bonds is 6. The highest BCUT2D eigenvalue weighted by atomic mass is 19.1. The van der Waals surface area contributed by atoms with E-state index in [2.05, 4.69) is 0 Å². The molecule has 0 heterocycles. The van der Waals surface area contributed by atoms with Gasteiger partial charge in [-0.25, -0.2) is 4.39 Å². The lowest BCUT2D eigenvalue weighted by molar-refractivity contribution is -0.144. The molecule has 5 heteroatoms. The molecule has 1 unspecified atom stereocenters. The Labute approximate surface area is 99.6 Å². The predicted octanol–water partition coefficient (Wildman–Crippen LogP) is 1.36. The van der Waals surface area contributed by atoms with Crippen LogP contribution in [0.5, 0.6) is 0 Å². The Morgan fingerprint density at radius 3 is 2.82 bits per heavy atom. The maximum absolute atomic E-state index is 13.0. The molecule has 0 aliphatic heterocycles. The van der Waals surface area contributed by atoms with Crippen LogP contribution in [-0.4, -0.2) is 42.8 Å². The zero-order chi connectivity index (χ0) is 12.8. The summed E-state index contributed by atoms with van der Waals surface area (Å²) in [5, 5.41) is 9.01. The smallest absolute Gasteiger partial charge is 0.323 e. The first-order valence-corrected chi connectivity index (χ1v) is 5.21. The number of carboxylic acids is 1. The number of likely N-dealkylation sites (N-methyl/N-ethyl adjacent to an activating group) is 1. The van der Waals surface area contributed by atoms with Gasteiger partial charge in [0, 0.05) is 13.7 Å². The monoisotopic (exact) mass is 241 g/mol. The first kappa shape index (κ1) is 13.6. The second kappa shape index (κ2) is 6.32. The lowest BCUT2D eigenvalue weighted by atomic mass is 10.2. The summed E-state index contributed by atoms with van der Waals surface area (Å²) in [7, 11) is 3.12. The van der Waals surface area contributed by atoms with Gasteiger partial charge in [0.05, 0.1) is 6.61 Å². The van der Waals surface area contributed by atoms with Crippen LogP contribution in [0, 0.1) is 5.82 Å². The normalized spacial score (nSPS) is 12.7. The van der Waals surface area contributed by atoms with Crippen LogP contribution in [0.2, 0.25) is 0 Å². The molecule has 0 radical (unpaired) electrons. The molecule has 1 aromatic carbocycles. The van der Waals surface area contributed by atoms with Gasteiger partial charge in [0.1, 0.15) is 11.9 Å². The van der Waals surface area contributed by atoms with Gasteiger partial charge in [-0.3, -0.25) is 9.69 Å². The van der Waals surface area contributed by atoms with E-state index in [0.29, 0.717) is 6.54 Å². The zero-order valence-electron chi connectivity index (χ0n) is 9.89. The summed E-state index contributed by atoms with van der Waals surface area (Å²) in [6.07, 6.45) is 0. The first-order valence-electron chi connectivity index (χ1n) is 5.21. The highest BCUT2D eigenvalue weighted by Gasteiger charge is 2.22. The number of benzene rings is 1. The molecule has 0 aliphatic rings. The van der Waals surface area contributed by atoms with Crippen LogP contribution >= 0.6 is 0 Å². The van der Waals surface area contributed by atoms with E-state index in [1.54, 1.807) is 24.1 Å². The fourth-order valence-electron chi connectivity index (χ4n) is 1.58. The number of carboxylic acid groups (broad SMARTS) is 1. The summed E-state index contributed by atoms with van der Waals surface area (Å²) in [6, 6.07) is 5.37. The van der Waals surface area contributed by atoms with Crippen molar-refractivity contribution in [3.63, 3.8) is 0 Å². The van der Waals surface area contributed by atoms with Gasteiger partial charge in [0.15, 0.2) is 0 Å². The van der Waals surface area contributed by atoms with Gasteiger partial charge in [-0.05, 0) is 24.7 Å². The van der Waals surface area contributed by atoms with Crippen molar-refractivity contribution in [3.8, 4) is 0 Å². The Morgan fingerprint density at radius 2 is 2.29 bits per heavy atom. The minimum absolute atomic E-state index is 0.0984. The van der Waals surface area contributed by atoms with Gasteiger partial charge in [-0.2, -0.15) is 0 Å². The summed E-state index contributed by atoms with van der Waals surface area (Å²) in [6.45, 7) is 0.458. The SMILES string of the molecule is COCC(C(=O)O)N(C)Cc1cccc(F)c1. The van der Waals surface area contributed by atoms with E-state index in [-0.39, 0.29) is 12.4 Å². The number of nitrogens with zero attached hydrogens (tertiary/aromatic N) is 1. The molecular formula is C12H16FNO3. The third kappa shape index (κ3) is 4.13. The summed E-state index contributed by atoms with van der Waals surface area (Å²) in [4.78, 5) is 12.6. The molecule has 0 aliphatic carbocycles. The minimum Gasteiger partial charge on any atom is -0.480 e. The molecule has 0 bridgehead atoms. The Balaban J connectivity index is 2.69. The molecule has 94 valence electrons. The molecule has 1 atom stereocenters. The van der Waals surface area contributed by atoms with Crippen molar-refractivity contribution >= 4 is 5.97 Å². The van der Waals surface area contributed by atoms with Gasteiger partial charge < -0.3 is 9.84 Å². The van der Waals surface area contributed by atoms with E-state index in [0.717, 1.165) is 5.56 Å². The van der Waals surface area contributed by atoms with Crippen LogP contribution in [0.4, 0.5) is 4.39 Å². The van der Waals surface area contributed by atoms with Gasteiger partial charge in [0.25, 0.3) is 0 Å². The molecule has 4 nitrogen and oxygen atoms in total. The summed E-state index contributed by atoms with van der Waals surface area (Å²) in [5.74, 6) is -1.28. The third-order valence-corrected chi connectivity index (χ3v) is 2.46. The predicted molar refractivity (Wildman–Crippen MR) is 61.2 cm³/mol. The molecule has 1 aromatic rings. The average Bonchev–Trinajstić information content (AvgIpc) is 2.25. The van der Waals surface area contributed by atoms with Crippen LogP contribution in [0.3, 0.4) is 0 Å². The van der Waals surface area contributed by atoms with Gasteiger partial charge in [0.2, 0.25) is 0 Å². The van der Waals surface area contributed by atoms with Crippen molar-refractivity contribution in [2.75, 3.05) is 20.8 Å². The van der Waals surface area contributed by atoms with Crippen molar-refractivity contribution in [1.82, 2.24) is 4.90 Å². The van der Waals surface area contributed by atoms with E-state index in [4.69, 9.17) is 9.84 Å². The Bertz CT molecular complexity index is 384. The molecule has 0 saturated carbocycles. The lowest BCUT2D eigenvalue weighted by Gasteiger charge is -2.23. The number of hydrogen-bond donors (Lipinski definition) is 1. The zero-order valence-corrected chi connectivity index (χ0v) is 9.89. The highest BCUT2D eigenvalue weighted by molar-refractivity contribution is 5.73. The molecule has 1 rings (SSSR count). The number of aliphatic carboxylic acids is 1. The largest absolute Gasteiger partial charge is 0.480 e. The van der Waals surface area contributed by atoms with Crippen LogP contribution in [0.1, 0.15) is 5.56 Å². The lowest BCUT2D eigenvalue weighted by Crippen LogP contribution is -2.41. The van der Waals surface area contributed by atoms with Crippen molar-refractivity contribution in [2.45, 2.75) is 12.6 Å². The molecule has 0 fully saturated rings. The average molecular weight is 241 g/mol. The fraction of sp³-hybridized carbons (Fsp3) is 0.417. The van der Waals surface area contributed by atoms with Crippen LogP contribution < -0.4 is 0 Å². The molecule has 0 spiro atoms. The molecule has 0 saturated heterocycles. The number of ether oxygens (including phenoxy) is 1. The molecular weight excluding hydrogens is 225 g/mol. The van der Waals surface area contributed by atoms with Crippen molar-refractivity contribution < 1.29 is 19.0 Å². The Morgan fingerprint density at radius 1 is 1.59 bits per heavy atom. The second-order valence-electron chi connectivity index (χ2n) is 3.85. The molecule has 0 aromatic heterocycles. The van der Waals surface area contributed by atoms with E-state index in [1.165, 1.54) is 19.2 Å². The van der Waals surface area contributed by atoms with Crippen LogP contribution in [0.25, 0.3) is 0 Å². The minimum atomic E-state index is -0.953. The Kier molecular flexibility index (Phi) is 5.06. The summed E-state index contributed by atoms with van der Waals surface area (Å²) < 4.78 is 17.8. The number of halogens is 1. The number of carbonyl (C=O) groups is 1. The standard InChI is InChI=1S/C12H16FNO3/c1-14(11(8-17-2)12(15)16)7-9-4-3-5-10(13)6-9/h3-6,11H,7-8H2,1-2H3,(H,15,16). The second-order valence-corrected chi connectivity index (χ2v) is 3.85. The Hall–Kier alpha value is -1.46. The van der Waals surface area contributed by atoms with Crippen LogP contribution in [-0.2, 0) is 16.1 Å². The molecule has 0 amide bonds. The van der Waals surface area contributed by atoms with E-state index < -0.39 is 12.0 Å². The van der Waals surface area contributed by atoms with Crippen molar-refractivity contribution in [3.05, 3.63) is 35.6 Å². The highest BCUT2D eigenvalue weighted by Crippen LogP contribution is 2.09. The van der Waals surface area contributed by atoms with E-state index >= 15 is 0 Å². The molecule has 17 heavy (non-hydrogen) atoms. The summed E-state index contributed by atoms with van der Waals surface area (Å²) >= 11 is 0. The van der Waals surface area contributed by atoms with E-state index in [9.17, 15) is 9.18 Å². The third-order valence-electron chi connectivity index (χ3n) is 2.46. The summed E-state index contributed by atoms with van der Waals surface area (Å²) in [5.41, 5.74) is 0.731. The number of hydrogen-bond acceptors (Lipinski definition) is 3. The molecule has 1 N–H and O–H groups in total. The van der Waals surface area contributed by atoms with Crippen molar-refractivity contribution in [2.24, 2.45) is 0 Å². The van der Waals surface area contributed by atoms with Gasteiger partial charge in [-0.15, -0.1) is 0 Å². The van der Waals surface area contributed by atoms with E-state index in [1.807, 2.05) is 0 Å². The van der Waals surface area contributed by atoms with Gasteiger partial charge in [-0.1, -0.05) is 12.1 Å². The maximum Gasteiger partial charge on any atom is 0.323 e.